The van der Waals surface area contributed by atoms with Crippen LogP contribution >= 0.6 is 0 Å². The van der Waals surface area contributed by atoms with E-state index in [-0.39, 0.29) is 19.0 Å². The van der Waals surface area contributed by atoms with Gasteiger partial charge in [0.15, 0.2) is 5.79 Å². The Hall–Kier alpha value is -0.910. The summed E-state index contributed by atoms with van der Waals surface area (Å²) in [6, 6.07) is 0. The molecular weight excluding hydrogens is 402 g/mol. The molecule has 0 rings (SSSR count). The number of ether oxygens (including phenoxy) is 1. The lowest BCUT2D eigenvalue weighted by Crippen LogP contribution is -2.35. The van der Waals surface area contributed by atoms with E-state index in [0.29, 0.717) is 19.4 Å². The van der Waals surface area contributed by atoms with E-state index in [4.69, 9.17) is 10.5 Å². The molecule has 0 aliphatic rings. The lowest BCUT2D eigenvalue weighted by Gasteiger charge is -2.20. The molecule has 0 heterocycles. The monoisotopic (exact) mass is 455 g/mol. The van der Waals surface area contributed by atoms with Crippen molar-refractivity contribution < 1.29 is 19.7 Å². The van der Waals surface area contributed by atoms with E-state index < -0.39 is 5.79 Å². The first kappa shape index (κ1) is 31.1. The summed E-state index contributed by atoms with van der Waals surface area (Å²) in [6.45, 7) is 2.27. The van der Waals surface area contributed by atoms with Crippen LogP contribution in [0.1, 0.15) is 135 Å². The van der Waals surface area contributed by atoms with Crippen molar-refractivity contribution in [3.8, 4) is 0 Å². The van der Waals surface area contributed by atoms with Gasteiger partial charge in [0.25, 0.3) is 0 Å². The van der Waals surface area contributed by atoms with Crippen molar-refractivity contribution in [2.75, 3.05) is 13.2 Å². The smallest absolute Gasteiger partial charge is 0.305 e. The van der Waals surface area contributed by atoms with Crippen molar-refractivity contribution in [1.29, 1.82) is 0 Å². The van der Waals surface area contributed by atoms with Crippen molar-refractivity contribution in [2.24, 2.45) is 5.73 Å². The summed E-state index contributed by atoms with van der Waals surface area (Å²) in [7, 11) is 0. The van der Waals surface area contributed by atoms with Crippen LogP contribution in [0.5, 0.6) is 0 Å². The van der Waals surface area contributed by atoms with Crippen molar-refractivity contribution in [1.82, 2.24) is 0 Å². The average Bonchev–Trinajstić information content (AvgIpc) is 2.78. The van der Waals surface area contributed by atoms with Crippen molar-refractivity contribution in [3.05, 3.63) is 12.2 Å². The van der Waals surface area contributed by atoms with Gasteiger partial charge in [-0.15, -0.1) is 0 Å². The third-order valence-corrected chi connectivity index (χ3v) is 5.89. The minimum absolute atomic E-state index is 0.118. The number of allylic oxidation sites excluding steroid dienone is 2. The van der Waals surface area contributed by atoms with Gasteiger partial charge in [0.05, 0.1) is 0 Å². The molecule has 0 amide bonds. The molecule has 0 atom stereocenters. The Morgan fingerprint density at radius 2 is 1.22 bits per heavy atom. The third-order valence-electron chi connectivity index (χ3n) is 5.89. The van der Waals surface area contributed by atoms with Gasteiger partial charge in [-0.25, -0.2) is 0 Å². The second-order valence-corrected chi connectivity index (χ2v) is 9.28. The first-order chi connectivity index (χ1) is 15.5. The maximum absolute atomic E-state index is 11.7. The van der Waals surface area contributed by atoms with E-state index in [1.54, 1.807) is 0 Å². The molecule has 0 aromatic heterocycles. The van der Waals surface area contributed by atoms with Gasteiger partial charge in [-0.05, 0) is 45.1 Å². The lowest BCUT2D eigenvalue weighted by molar-refractivity contribution is -0.205. The maximum Gasteiger partial charge on any atom is 0.305 e. The molecular formula is C27H53NO4. The number of rotatable bonds is 24. The van der Waals surface area contributed by atoms with Crippen LogP contribution in [-0.2, 0) is 9.53 Å². The number of aliphatic hydroxyl groups is 2. The van der Waals surface area contributed by atoms with E-state index >= 15 is 0 Å². The van der Waals surface area contributed by atoms with E-state index in [9.17, 15) is 15.0 Å². The van der Waals surface area contributed by atoms with Crippen molar-refractivity contribution in [2.45, 2.75) is 141 Å². The Labute approximate surface area is 198 Å². The molecule has 0 unspecified atom stereocenters. The third kappa shape index (κ3) is 23.7. The summed E-state index contributed by atoms with van der Waals surface area (Å²) in [6.07, 6.45) is 27.2. The highest BCUT2D eigenvalue weighted by Gasteiger charge is 2.24. The van der Waals surface area contributed by atoms with Crippen LogP contribution in [0.3, 0.4) is 0 Å². The molecule has 32 heavy (non-hydrogen) atoms. The summed E-state index contributed by atoms with van der Waals surface area (Å²) in [5.41, 5.74) is 5.34. The van der Waals surface area contributed by atoms with Gasteiger partial charge in [0.1, 0.15) is 6.61 Å². The first-order valence-corrected chi connectivity index (χ1v) is 13.5. The fourth-order valence-electron chi connectivity index (χ4n) is 3.77. The first-order valence-electron chi connectivity index (χ1n) is 13.5. The molecule has 0 spiro atoms. The van der Waals surface area contributed by atoms with E-state index in [1.807, 2.05) is 0 Å². The summed E-state index contributed by atoms with van der Waals surface area (Å²) in [4.78, 5) is 11.7. The predicted octanol–water partition coefficient (Wildman–Crippen LogP) is 6.55. The van der Waals surface area contributed by atoms with Crippen molar-refractivity contribution >= 4 is 5.97 Å². The Bertz CT molecular complexity index is 437. The second kappa shape index (κ2) is 23.3. The standard InChI is InChI=1S/C27H53NO4/c1-2-3-4-5-6-7-8-9-10-11-12-13-14-15-16-17-18-19-20-22-26(29)32-25-27(30,31)23-21-24-28/h9-10,30-31H,2-8,11-25,28H2,1H3. The largest absolute Gasteiger partial charge is 0.460 e. The van der Waals surface area contributed by atoms with Crippen LogP contribution < -0.4 is 5.73 Å². The molecule has 0 saturated heterocycles. The van der Waals surface area contributed by atoms with Gasteiger partial charge in [-0.3, -0.25) is 4.79 Å². The maximum atomic E-state index is 11.7. The molecule has 5 heteroatoms. The summed E-state index contributed by atoms with van der Waals surface area (Å²) in [5, 5.41) is 19.3. The van der Waals surface area contributed by atoms with Gasteiger partial charge in [0, 0.05) is 12.8 Å². The predicted molar refractivity (Wildman–Crippen MR) is 134 cm³/mol. The zero-order chi connectivity index (χ0) is 23.8. The highest BCUT2D eigenvalue weighted by Crippen LogP contribution is 2.13. The quantitative estimate of drug-likeness (QED) is 0.0664. The van der Waals surface area contributed by atoms with Gasteiger partial charge in [0.2, 0.25) is 0 Å². The summed E-state index contributed by atoms with van der Waals surface area (Å²) >= 11 is 0. The van der Waals surface area contributed by atoms with E-state index in [2.05, 4.69) is 19.1 Å². The number of nitrogens with two attached hydrogens (primary N) is 1. The minimum Gasteiger partial charge on any atom is -0.460 e. The molecule has 5 nitrogen and oxygen atoms in total. The van der Waals surface area contributed by atoms with Gasteiger partial charge in [-0.1, -0.05) is 96.1 Å². The number of unbranched alkanes of at least 4 members (excludes halogenated alkanes) is 15. The SMILES string of the molecule is CCCCCCCCC=CCCCCCCCCCCCC(=O)OCC(O)(O)CCCN. The van der Waals surface area contributed by atoms with Gasteiger partial charge < -0.3 is 20.7 Å². The Morgan fingerprint density at radius 3 is 1.72 bits per heavy atom. The minimum atomic E-state index is -1.96. The number of esters is 1. The molecule has 190 valence electrons. The molecule has 0 fully saturated rings. The molecule has 0 saturated carbocycles. The van der Waals surface area contributed by atoms with Crippen LogP contribution in [0, 0.1) is 0 Å². The van der Waals surface area contributed by atoms with Gasteiger partial charge >= 0.3 is 5.97 Å². The average molecular weight is 456 g/mol. The van der Waals surface area contributed by atoms with Crippen molar-refractivity contribution in [3.63, 3.8) is 0 Å². The topological polar surface area (TPSA) is 92.8 Å². The number of carbonyl (C=O) groups is 1. The Balaban J connectivity index is 3.31. The number of carbonyl (C=O) groups excluding carboxylic acids is 1. The molecule has 0 aromatic carbocycles. The highest BCUT2D eigenvalue weighted by atomic mass is 16.6. The molecule has 4 N–H and O–H groups in total. The van der Waals surface area contributed by atoms with E-state index in [1.165, 1.54) is 89.9 Å². The molecule has 0 aliphatic heterocycles. The zero-order valence-electron chi connectivity index (χ0n) is 21.0. The molecule has 0 radical (unpaired) electrons. The van der Waals surface area contributed by atoms with Crippen LogP contribution in [0.2, 0.25) is 0 Å². The summed E-state index contributed by atoms with van der Waals surface area (Å²) < 4.78 is 4.96. The van der Waals surface area contributed by atoms with Crippen LogP contribution in [0.25, 0.3) is 0 Å². The fraction of sp³-hybridized carbons (Fsp3) is 0.889. The Kier molecular flexibility index (Phi) is 22.6. The highest BCUT2D eigenvalue weighted by molar-refractivity contribution is 5.69. The van der Waals surface area contributed by atoms with E-state index in [0.717, 1.165) is 19.3 Å². The zero-order valence-corrected chi connectivity index (χ0v) is 21.0. The molecule has 0 bridgehead atoms. The van der Waals surface area contributed by atoms with Crippen LogP contribution in [0.4, 0.5) is 0 Å². The van der Waals surface area contributed by atoms with Gasteiger partial charge in [-0.2, -0.15) is 0 Å². The van der Waals surface area contributed by atoms with Crippen LogP contribution in [0.15, 0.2) is 12.2 Å². The number of hydrogen-bond donors (Lipinski definition) is 3. The molecule has 0 aliphatic carbocycles. The summed E-state index contributed by atoms with van der Waals surface area (Å²) in [5.74, 6) is -2.31. The molecule has 0 aromatic rings. The fourth-order valence-corrected chi connectivity index (χ4v) is 3.77. The number of hydrogen-bond acceptors (Lipinski definition) is 5. The van der Waals surface area contributed by atoms with Crippen LogP contribution in [-0.4, -0.2) is 35.1 Å². The lowest BCUT2D eigenvalue weighted by atomic mass is 10.1. The normalized spacial score (nSPS) is 12.0. The second-order valence-electron chi connectivity index (χ2n) is 9.28. The Morgan fingerprint density at radius 1 is 0.750 bits per heavy atom.